The van der Waals surface area contributed by atoms with E-state index in [1.54, 1.807) is 12.1 Å². The number of rotatable bonds is 8. The molecule has 0 fully saturated rings. The van der Waals surface area contributed by atoms with Crippen molar-refractivity contribution in [3.8, 4) is 0 Å². The molecule has 0 unspecified atom stereocenters. The molecule has 0 heterocycles. The number of sulfone groups is 1. The summed E-state index contributed by atoms with van der Waals surface area (Å²) >= 11 is 0. The third kappa shape index (κ3) is 6.54. The first-order chi connectivity index (χ1) is 10.8. The number of aryl methyl sites for hydroxylation is 1. The van der Waals surface area contributed by atoms with E-state index < -0.39 is 15.7 Å². The topological polar surface area (TPSA) is 74.7 Å². The Bertz CT molecular complexity index is 663. The second-order valence-electron chi connectivity index (χ2n) is 5.65. The van der Waals surface area contributed by atoms with Gasteiger partial charge in [-0.2, -0.15) is 0 Å². The average molecular weight is 339 g/mol. The number of hydrogen-bond donors (Lipinski definition) is 1. The van der Waals surface area contributed by atoms with Crippen molar-refractivity contribution in [2.24, 2.45) is 0 Å². The second-order valence-corrected chi connectivity index (χ2v) is 7.63. The van der Waals surface area contributed by atoms with Crippen LogP contribution in [0.5, 0.6) is 0 Å². The monoisotopic (exact) mass is 339 g/mol. The van der Waals surface area contributed by atoms with Gasteiger partial charge in [-0.05, 0) is 36.1 Å². The predicted octanol–water partition coefficient (Wildman–Crippen LogP) is 3.07. The number of carbonyl (C=O) groups is 1. The molecule has 1 amide bonds. The van der Waals surface area contributed by atoms with Gasteiger partial charge in [0.25, 0.3) is 5.91 Å². The Morgan fingerprint density at radius 2 is 1.96 bits per heavy atom. The van der Waals surface area contributed by atoms with Crippen molar-refractivity contribution in [3.63, 3.8) is 0 Å². The Balaban J connectivity index is 3.04. The zero-order chi connectivity index (χ0) is 17.5. The number of carbonyl (C=O) groups excluding carboxylic acids is 1. The summed E-state index contributed by atoms with van der Waals surface area (Å²) in [6.07, 6.45) is 9.14. The van der Waals surface area contributed by atoms with E-state index in [9.17, 15) is 13.2 Å². The Hall–Kier alpha value is -1.66. The van der Waals surface area contributed by atoms with E-state index in [2.05, 4.69) is 6.92 Å². The van der Waals surface area contributed by atoms with Gasteiger partial charge in [0.15, 0.2) is 9.84 Å². The number of amides is 1. The highest BCUT2D eigenvalue weighted by atomic mass is 32.2. The van der Waals surface area contributed by atoms with Crippen LogP contribution in [0.4, 0.5) is 0 Å². The molecule has 0 saturated heterocycles. The Labute approximate surface area is 138 Å². The van der Waals surface area contributed by atoms with Crippen LogP contribution in [0.2, 0.25) is 0 Å². The van der Waals surface area contributed by atoms with Crippen molar-refractivity contribution in [2.75, 3.05) is 13.3 Å². The molecule has 0 aliphatic rings. The maximum Gasteiger partial charge on any atom is 0.269 e. The number of nitrogens with zero attached hydrogens (tertiary/aromatic N) is 1. The van der Waals surface area contributed by atoms with Crippen molar-refractivity contribution >= 4 is 21.8 Å². The van der Waals surface area contributed by atoms with E-state index in [-0.39, 0.29) is 4.90 Å². The molecule has 0 saturated carbocycles. The van der Waals surface area contributed by atoms with Gasteiger partial charge in [0, 0.05) is 19.4 Å². The molecule has 0 aliphatic heterocycles. The van der Waals surface area contributed by atoms with Crippen LogP contribution < -0.4 is 0 Å². The summed E-state index contributed by atoms with van der Waals surface area (Å²) in [5.41, 5.74) is 1.51. The molecule has 0 spiro atoms. The molecule has 128 valence electrons. The molecule has 0 atom stereocenters. The molecule has 1 rings (SSSR count). The van der Waals surface area contributed by atoms with Crippen LogP contribution in [0.25, 0.3) is 6.08 Å². The van der Waals surface area contributed by atoms with Crippen LogP contribution >= 0.6 is 0 Å². The van der Waals surface area contributed by atoms with Crippen LogP contribution in [-0.2, 0) is 21.1 Å². The fourth-order valence-corrected chi connectivity index (χ4v) is 3.12. The Morgan fingerprint density at radius 3 is 2.52 bits per heavy atom. The van der Waals surface area contributed by atoms with Gasteiger partial charge in [-0.1, -0.05) is 38.3 Å². The fraction of sp³-hybridized carbons (Fsp3) is 0.471. The van der Waals surface area contributed by atoms with Gasteiger partial charge in [-0.15, -0.1) is 0 Å². The van der Waals surface area contributed by atoms with Crippen molar-refractivity contribution in [2.45, 2.75) is 43.9 Å². The predicted molar refractivity (Wildman–Crippen MR) is 91.0 cm³/mol. The molecule has 0 aliphatic carbocycles. The minimum Gasteiger partial charge on any atom is -0.286 e. The fourth-order valence-electron chi connectivity index (χ4n) is 2.25. The summed E-state index contributed by atoms with van der Waals surface area (Å²) in [4.78, 5) is 11.6. The normalized spacial score (nSPS) is 11.8. The molecule has 5 nitrogen and oxygen atoms in total. The van der Waals surface area contributed by atoms with Crippen LogP contribution in [0.1, 0.15) is 43.7 Å². The van der Waals surface area contributed by atoms with Gasteiger partial charge in [0.2, 0.25) is 0 Å². The lowest BCUT2D eigenvalue weighted by atomic mass is 10.0. The third-order valence-corrected chi connectivity index (χ3v) is 4.69. The minimum absolute atomic E-state index is 0.180. The molecule has 0 aromatic heterocycles. The molecule has 0 radical (unpaired) electrons. The van der Waals surface area contributed by atoms with E-state index in [4.69, 9.17) is 5.21 Å². The lowest BCUT2D eigenvalue weighted by Gasteiger charge is -2.09. The zero-order valence-electron chi connectivity index (χ0n) is 13.9. The molecule has 1 aromatic rings. The summed E-state index contributed by atoms with van der Waals surface area (Å²) in [5, 5.41) is 9.51. The molecule has 6 heteroatoms. The summed E-state index contributed by atoms with van der Waals surface area (Å²) in [6, 6.07) is 5.19. The first-order valence-electron chi connectivity index (χ1n) is 7.73. The largest absolute Gasteiger partial charge is 0.286 e. The summed E-state index contributed by atoms with van der Waals surface area (Å²) in [6.45, 7) is 2.15. The van der Waals surface area contributed by atoms with Gasteiger partial charge < -0.3 is 0 Å². The molecular formula is C17H25NO4S. The SMILES string of the molecule is CCCCCCc1ccc(S(C)(=O)=O)c(C=CC(=O)N(C)O)c1. The highest BCUT2D eigenvalue weighted by molar-refractivity contribution is 7.90. The number of likely N-dealkylation sites (N-methyl/N-ethyl adjacent to an activating group) is 1. The lowest BCUT2D eigenvalue weighted by Crippen LogP contribution is -2.19. The number of benzene rings is 1. The van der Waals surface area contributed by atoms with Crippen molar-refractivity contribution < 1.29 is 18.4 Å². The van der Waals surface area contributed by atoms with Crippen molar-refractivity contribution in [1.29, 1.82) is 0 Å². The molecule has 1 aromatic carbocycles. The van der Waals surface area contributed by atoms with Gasteiger partial charge >= 0.3 is 0 Å². The smallest absolute Gasteiger partial charge is 0.269 e. The maximum absolute atomic E-state index is 11.9. The van der Waals surface area contributed by atoms with Crippen LogP contribution in [0, 0.1) is 0 Å². The first kappa shape index (κ1) is 19.4. The van der Waals surface area contributed by atoms with Gasteiger partial charge in [0.05, 0.1) is 4.90 Å². The summed E-state index contributed by atoms with van der Waals surface area (Å²) in [7, 11) is -2.17. The molecular weight excluding hydrogens is 314 g/mol. The molecule has 0 bridgehead atoms. The molecule has 23 heavy (non-hydrogen) atoms. The maximum atomic E-state index is 11.9. The average Bonchev–Trinajstić information content (AvgIpc) is 2.48. The van der Waals surface area contributed by atoms with E-state index >= 15 is 0 Å². The Kier molecular flexibility index (Phi) is 7.45. The quantitative estimate of drug-likeness (QED) is 0.342. The third-order valence-electron chi connectivity index (χ3n) is 3.52. The summed E-state index contributed by atoms with van der Waals surface area (Å²) < 4.78 is 23.7. The van der Waals surface area contributed by atoms with E-state index in [1.807, 2.05) is 6.07 Å². The van der Waals surface area contributed by atoms with Crippen LogP contribution in [-0.4, -0.2) is 37.9 Å². The number of hydrogen-bond acceptors (Lipinski definition) is 4. The lowest BCUT2D eigenvalue weighted by molar-refractivity contribution is -0.153. The number of unbranched alkanes of at least 4 members (excludes halogenated alkanes) is 3. The van der Waals surface area contributed by atoms with Gasteiger partial charge in [-0.3, -0.25) is 10.0 Å². The zero-order valence-corrected chi connectivity index (χ0v) is 14.8. The summed E-state index contributed by atoms with van der Waals surface area (Å²) in [5.74, 6) is -0.613. The van der Waals surface area contributed by atoms with Crippen LogP contribution in [0.3, 0.4) is 0 Å². The second kappa shape index (κ2) is 8.84. The van der Waals surface area contributed by atoms with Crippen molar-refractivity contribution in [3.05, 3.63) is 35.4 Å². The van der Waals surface area contributed by atoms with Crippen LogP contribution in [0.15, 0.2) is 29.2 Å². The highest BCUT2D eigenvalue weighted by Crippen LogP contribution is 2.20. The first-order valence-corrected chi connectivity index (χ1v) is 9.62. The Morgan fingerprint density at radius 1 is 1.26 bits per heavy atom. The van der Waals surface area contributed by atoms with E-state index in [0.717, 1.165) is 43.6 Å². The number of hydroxylamine groups is 2. The van der Waals surface area contributed by atoms with E-state index in [1.165, 1.54) is 19.5 Å². The van der Waals surface area contributed by atoms with Crippen molar-refractivity contribution in [1.82, 2.24) is 5.06 Å². The highest BCUT2D eigenvalue weighted by Gasteiger charge is 2.13. The van der Waals surface area contributed by atoms with E-state index in [0.29, 0.717) is 10.6 Å². The standard InChI is InChI=1S/C17H25NO4S/c1-4-5-6-7-8-14-9-11-16(23(3,21)22)15(13-14)10-12-17(19)18(2)20/h9-13,20H,4-8H2,1-3H3. The van der Waals surface area contributed by atoms with Gasteiger partial charge in [0.1, 0.15) is 0 Å². The molecule has 1 N–H and O–H groups in total. The minimum atomic E-state index is -3.39. The van der Waals surface area contributed by atoms with Gasteiger partial charge in [-0.25, -0.2) is 13.5 Å².